The molecule has 4 atom stereocenters. The van der Waals surface area contributed by atoms with Crippen LogP contribution in [0.15, 0.2) is 12.2 Å². The Morgan fingerprint density at radius 3 is 2.80 bits per heavy atom. The molecule has 0 aromatic rings. The summed E-state index contributed by atoms with van der Waals surface area (Å²) in [5.41, 5.74) is -0.0500. The van der Waals surface area contributed by atoms with Gasteiger partial charge in [-0.3, -0.25) is 14.9 Å². The fourth-order valence-electron chi connectivity index (χ4n) is 3.73. The molecule has 80 valence electrons. The second kappa shape index (κ2) is 2.52. The highest BCUT2D eigenvalue weighted by molar-refractivity contribution is 6.06. The average Bonchev–Trinajstić information content (AvgIpc) is 2.78. The minimum atomic E-state index is -0.0972. The zero-order chi connectivity index (χ0) is 10.8. The summed E-state index contributed by atoms with van der Waals surface area (Å²) in [6, 6.07) is 0. The van der Waals surface area contributed by atoms with E-state index in [1.165, 1.54) is 0 Å². The van der Waals surface area contributed by atoms with Crippen molar-refractivity contribution in [1.29, 1.82) is 0 Å². The minimum Gasteiger partial charge on any atom is -0.296 e. The van der Waals surface area contributed by atoms with Gasteiger partial charge < -0.3 is 0 Å². The van der Waals surface area contributed by atoms with E-state index in [1.54, 1.807) is 0 Å². The van der Waals surface area contributed by atoms with E-state index in [2.05, 4.69) is 31.3 Å². The van der Waals surface area contributed by atoms with E-state index in [-0.39, 0.29) is 29.1 Å². The number of nitrogens with one attached hydrogen (secondary N) is 1. The molecule has 15 heavy (non-hydrogen) atoms. The second-order valence-corrected chi connectivity index (χ2v) is 5.35. The number of carbonyl (C=O) groups is 2. The zero-order valence-electron chi connectivity index (χ0n) is 8.99. The Morgan fingerprint density at radius 1 is 1.40 bits per heavy atom. The van der Waals surface area contributed by atoms with Gasteiger partial charge in [0.1, 0.15) is 0 Å². The van der Waals surface area contributed by atoms with Gasteiger partial charge in [-0.25, -0.2) is 0 Å². The fraction of sp³-hybridized carbons (Fsp3) is 0.667. The summed E-state index contributed by atoms with van der Waals surface area (Å²) in [4.78, 5) is 23.5. The van der Waals surface area contributed by atoms with Crippen LogP contribution in [0.5, 0.6) is 0 Å². The van der Waals surface area contributed by atoms with Crippen LogP contribution in [-0.4, -0.2) is 11.8 Å². The largest absolute Gasteiger partial charge is 0.296 e. The lowest BCUT2D eigenvalue weighted by molar-refractivity contribution is -0.127. The Bertz CT molecular complexity index is 385. The van der Waals surface area contributed by atoms with Gasteiger partial charge in [0.05, 0.1) is 11.8 Å². The van der Waals surface area contributed by atoms with Gasteiger partial charge in [0.25, 0.3) is 0 Å². The van der Waals surface area contributed by atoms with Gasteiger partial charge in [-0.2, -0.15) is 0 Å². The highest BCUT2D eigenvalue weighted by Gasteiger charge is 2.64. The van der Waals surface area contributed by atoms with E-state index in [9.17, 15) is 9.59 Å². The SMILES string of the molecule is CC(C)C12C=CC(C1)C1C(=O)NC(=O)C12. The third-order valence-corrected chi connectivity index (χ3v) is 4.55. The van der Waals surface area contributed by atoms with Crippen molar-refractivity contribution in [1.82, 2.24) is 5.32 Å². The summed E-state index contributed by atoms with van der Waals surface area (Å²) < 4.78 is 0. The average molecular weight is 205 g/mol. The van der Waals surface area contributed by atoms with Crippen molar-refractivity contribution in [3.05, 3.63) is 12.2 Å². The highest BCUT2D eigenvalue weighted by Crippen LogP contribution is 2.61. The molecular weight excluding hydrogens is 190 g/mol. The molecule has 2 aliphatic carbocycles. The lowest BCUT2D eigenvalue weighted by atomic mass is 9.68. The third kappa shape index (κ3) is 0.869. The van der Waals surface area contributed by atoms with Crippen molar-refractivity contribution in [3.8, 4) is 0 Å². The number of hydrogen-bond acceptors (Lipinski definition) is 2. The van der Waals surface area contributed by atoms with Crippen LogP contribution in [0.4, 0.5) is 0 Å². The van der Waals surface area contributed by atoms with E-state index < -0.39 is 0 Å². The first-order valence-corrected chi connectivity index (χ1v) is 5.60. The number of allylic oxidation sites excluding steroid dienone is 2. The Morgan fingerprint density at radius 2 is 2.13 bits per heavy atom. The van der Waals surface area contributed by atoms with Crippen molar-refractivity contribution in [2.24, 2.45) is 29.1 Å². The molecule has 1 heterocycles. The van der Waals surface area contributed by atoms with Crippen molar-refractivity contribution in [3.63, 3.8) is 0 Å². The summed E-state index contributed by atoms with van der Waals surface area (Å²) in [6.07, 6.45) is 5.31. The lowest BCUT2D eigenvalue weighted by Crippen LogP contribution is -2.36. The van der Waals surface area contributed by atoms with Gasteiger partial charge in [0.2, 0.25) is 11.8 Å². The summed E-state index contributed by atoms with van der Waals surface area (Å²) in [7, 11) is 0. The predicted octanol–water partition coefficient (Wildman–Crippen LogP) is 1.11. The third-order valence-electron chi connectivity index (χ3n) is 4.55. The predicted molar refractivity (Wildman–Crippen MR) is 54.6 cm³/mol. The minimum absolute atomic E-state index is 0.0500. The molecule has 2 amide bonds. The fourth-order valence-corrected chi connectivity index (χ4v) is 3.73. The van der Waals surface area contributed by atoms with Crippen LogP contribution in [0.3, 0.4) is 0 Å². The normalized spacial score (nSPS) is 46.5. The second-order valence-electron chi connectivity index (χ2n) is 5.35. The number of imide groups is 1. The first-order valence-electron chi connectivity index (χ1n) is 5.60. The molecule has 3 heteroatoms. The highest BCUT2D eigenvalue weighted by atomic mass is 16.2. The van der Waals surface area contributed by atoms with Crippen LogP contribution in [0, 0.1) is 29.1 Å². The van der Waals surface area contributed by atoms with Crippen LogP contribution in [-0.2, 0) is 9.59 Å². The Hall–Kier alpha value is -1.12. The number of carbonyl (C=O) groups excluding carboxylic acids is 2. The first kappa shape index (κ1) is 9.13. The maximum atomic E-state index is 11.8. The van der Waals surface area contributed by atoms with Gasteiger partial charge >= 0.3 is 0 Å². The summed E-state index contributed by atoms with van der Waals surface area (Å²) in [5, 5.41) is 2.48. The quantitative estimate of drug-likeness (QED) is 0.515. The molecule has 1 N–H and O–H groups in total. The van der Waals surface area contributed by atoms with Crippen molar-refractivity contribution in [2.45, 2.75) is 20.3 Å². The van der Waals surface area contributed by atoms with E-state index in [1.807, 2.05) is 0 Å². The zero-order valence-corrected chi connectivity index (χ0v) is 8.99. The van der Waals surface area contributed by atoms with Crippen molar-refractivity contribution >= 4 is 11.8 Å². The van der Waals surface area contributed by atoms with E-state index in [0.29, 0.717) is 11.8 Å². The Labute approximate surface area is 88.9 Å². The Balaban J connectivity index is 2.11. The number of amides is 2. The number of rotatable bonds is 1. The molecule has 2 fully saturated rings. The monoisotopic (exact) mass is 205 g/mol. The number of fused-ring (bicyclic) bond motifs is 5. The molecule has 0 aromatic heterocycles. The molecule has 0 radical (unpaired) electrons. The Kier molecular flexibility index (Phi) is 1.53. The maximum Gasteiger partial charge on any atom is 0.231 e. The van der Waals surface area contributed by atoms with Crippen LogP contribution < -0.4 is 5.32 Å². The topological polar surface area (TPSA) is 46.2 Å². The van der Waals surface area contributed by atoms with Crippen LogP contribution >= 0.6 is 0 Å². The first-order chi connectivity index (χ1) is 7.06. The molecule has 1 saturated heterocycles. The van der Waals surface area contributed by atoms with E-state index in [0.717, 1.165) is 6.42 Å². The van der Waals surface area contributed by atoms with Crippen molar-refractivity contribution in [2.75, 3.05) is 0 Å². The standard InChI is InChI=1S/C12H15NO2/c1-6(2)12-4-3-7(5-12)8-9(12)11(15)13-10(8)14/h3-4,6-9H,5H2,1-2H3,(H,13,14,15). The molecule has 3 nitrogen and oxygen atoms in total. The molecule has 1 saturated carbocycles. The van der Waals surface area contributed by atoms with E-state index >= 15 is 0 Å². The molecule has 3 aliphatic rings. The van der Waals surface area contributed by atoms with Gasteiger partial charge in [0.15, 0.2) is 0 Å². The van der Waals surface area contributed by atoms with Gasteiger partial charge in [0, 0.05) is 5.41 Å². The molecule has 1 aliphatic heterocycles. The van der Waals surface area contributed by atoms with Gasteiger partial charge in [-0.1, -0.05) is 26.0 Å². The van der Waals surface area contributed by atoms with Crippen LogP contribution in [0.25, 0.3) is 0 Å². The summed E-state index contributed by atoms with van der Waals surface area (Å²) >= 11 is 0. The van der Waals surface area contributed by atoms with Crippen molar-refractivity contribution < 1.29 is 9.59 Å². The molecule has 4 unspecified atom stereocenters. The maximum absolute atomic E-state index is 11.8. The smallest absolute Gasteiger partial charge is 0.231 e. The summed E-state index contributed by atoms with van der Waals surface area (Å²) in [6.45, 7) is 4.29. The molecular formula is C12H15NO2. The molecule has 0 aromatic carbocycles. The van der Waals surface area contributed by atoms with Crippen LogP contribution in [0.2, 0.25) is 0 Å². The van der Waals surface area contributed by atoms with Gasteiger partial charge in [-0.15, -0.1) is 0 Å². The summed E-state index contributed by atoms with van der Waals surface area (Å²) in [5.74, 6) is 0.437. The van der Waals surface area contributed by atoms with Crippen LogP contribution in [0.1, 0.15) is 20.3 Å². The molecule has 0 spiro atoms. The lowest BCUT2D eigenvalue weighted by Gasteiger charge is -2.34. The molecule has 2 bridgehead atoms. The number of hydrogen-bond donors (Lipinski definition) is 1. The van der Waals surface area contributed by atoms with E-state index in [4.69, 9.17) is 0 Å². The van der Waals surface area contributed by atoms with Gasteiger partial charge in [-0.05, 0) is 18.3 Å². The molecule has 3 rings (SSSR count).